The fraction of sp³-hybridized carbons (Fsp3) is 0.692. The van der Waals surface area contributed by atoms with Crippen molar-refractivity contribution in [3.8, 4) is 0 Å². The average molecular weight is 255 g/mol. The van der Waals surface area contributed by atoms with Crippen LogP contribution >= 0.6 is 0 Å². The fourth-order valence-corrected chi connectivity index (χ4v) is 1.83. The second-order valence-electron chi connectivity index (χ2n) is 5.50. The van der Waals surface area contributed by atoms with Gasteiger partial charge in [0, 0.05) is 0 Å². The van der Waals surface area contributed by atoms with Crippen LogP contribution in [0.15, 0.2) is 11.6 Å². The summed E-state index contributed by atoms with van der Waals surface area (Å²) >= 11 is 0. The molecule has 18 heavy (non-hydrogen) atoms. The summed E-state index contributed by atoms with van der Waals surface area (Å²) in [4.78, 5) is 22.6. The molecular weight excluding hydrogens is 234 g/mol. The summed E-state index contributed by atoms with van der Waals surface area (Å²) in [5, 5.41) is 11.5. The molecule has 0 bridgehead atoms. The van der Waals surface area contributed by atoms with E-state index < -0.39 is 23.7 Å². The Labute approximate surface area is 107 Å². The third-order valence-corrected chi connectivity index (χ3v) is 2.59. The lowest BCUT2D eigenvalue weighted by molar-refractivity contribution is -0.139. The Balaban J connectivity index is 2.52. The molecule has 1 amide bonds. The summed E-state index contributed by atoms with van der Waals surface area (Å²) in [7, 11) is 0. The van der Waals surface area contributed by atoms with Crippen LogP contribution in [0.2, 0.25) is 0 Å². The van der Waals surface area contributed by atoms with E-state index in [2.05, 4.69) is 5.32 Å². The minimum Gasteiger partial charge on any atom is -0.480 e. The second kappa shape index (κ2) is 5.89. The van der Waals surface area contributed by atoms with Crippen LogP contribution in [0.5, 0.6) is 0 Å². The summed E-state index contributed by atoms with van der Waals surface area (Å²) in [6, 6.07) is -0.913. The van der Waals surface area contributed by atoms with Gasteiger partial charge in [-0.3, -0.25) is 0 Å². The van der Waals surface area contributed by atoms with E-state index in [0.717, 1.165) is 24.8 Å². The van der Waals surface area contributed by atoms with Crippen molar-refractivity contribution >= 4 is 12.1 Å². The lowest BCUT2D eigenvalue weighted by Gasteiger charge is -2.22. The number of rotatable bonds is 4. The largest absolute Gasteiger partial charge is 0.480 e. The van der Waals surface area contributed by atoms with Gasteiger partial charge in [0.25, 0.3) is 0 Å². The molecule has 0 aromatic rings. The number of hydrogen-bond acceptors (Lipinski definition) is 3. The molecule has 0 saturated carbocycles. The van der Waals surface area contributed by atoms with Crippen molar-refractivity contribution in [2.45, 2.75) is 58.1 Å². The minimum absolute atomic E-state index is 0.356. The molecule has 0 aromatic carbocycles. The third kappa shape index (κ3) is 5.21. The topological polar surface area (TPSA) is 75.6 Å². The van der Waals surface area contributed by atoms with Gasteiger partial charge in [-0.25, -0.2) is 9.59 Å². The molecule has 1 aliphatic carbocycles. The standard InChI is InChI=1S/C13H21NO4/c1-13(2,3)18-12(17)14-10(11(15)16)8-9-6-4-5-7-9/h6,10H,4-5,7-8H2,1-3H3,(H,14,17)(H,15,16)/t10-/m1/s1. The van der Waals surface area contributed by atoms with Crippen molar-refractivity contribution in [1.29, 1.82) is 0 Å². The van der Waals surface area contributed by atoms with Crippen LogP contribution in [0.25, 0.3) is 0 Å². The number of alkyl carbamates (subject to hydrolysis) is 1. The fourth-order valence-electron chi connectivity index (χ4n) is 1.83. The lowest BCUT2D eigenvalue weighted by Crippen LogP contribution is -2.43. The molecule has 102 valence electrons. The first-order valence-electron chi connectivity index (χ1n) is 6.18. The van der Waals surface area contributed by atoms with Crippen molar-refractivity contribution in [2.75, 3.05) is 0 Å². The van der Waals surface area contributed by atoms with Gasteiger partial charge >= 0.3 is 12.1 Å². The lowest BCUT2D eigenvalue weighted by atomic mass is 10.1. The zero-order valence-corrected chi connectivity index (χ0v) is 11.2. The molecule has 0 spiro atoms. The summed E-state index contributed by atoms with van der Waals surface area (Å²) in [6.07, 6.45) is 4.69. The second-order valence-corrected chi connectivity index (χ2v) is 5.50. The maximum Gasteiger partial charge on any atom is 0.408 e. The highest BCUT2D eigenvalue weighted by atomic mass is 16.6. The Bertz CT molecular complexity index is 354. The van der Waals surface area contributed by atoms with Gasteiger partial charge < -0.3 is 15.2 Å². The Morgan fingerprint density at radius 2 is 2.17 bits per heavy atom. The van der Waals surface area contributed by atoms with Gasteiger partial charge in [-0.1, -0.05) is 11.6 Å². The molecule has 0 fully saturated rings. The quantitative estimate of drug-likeness (QED) is 0.757. The van der Waals surface area contributed by atoms with Crippen LogP contribution in [0.4, 0.5) is 4.79 Å². The van der Waals surface area contributed by atoms with Crippen molar-refractivity contribution in [3.05, 3.63) is 11.6 Å². The molecule has 0 aromatic heterocycles. The number of carbonyl (C=O) groups excluding carboxylic acids is 1. The molecule has 1 rings (SSSR count). The molecule has 0 heterocycles. The summed E-state index contributed by atoms with van der Waals surface area (Å²) in [5.74, 6) is -1.03. The van der Waals surface area contributed by atoms with Gasteiger partial charge in [0.2, 0.25) is 0 Å². The molecule has 0 unspecified atom stereocenters. The van der Waals surface area contributed by atoms with Crippen molar-refractivity contribution in [2.24, 2.45) is 0 Å². The van der Waals surface area contributed by atoms with Crippen LogP contribution in [0, 0.1) is 0 Å². The molecule has 1 atom stereocenters. The van der Waals surface area contributed by atoms with Crippen molar-refractivity contribution < 1.29 is 19.4 Å². The number of nitrogens with one attached hydrogen (secondary N) is 1. The van der Waals surface area contributed by atoms with Gasteiger partial charge in [-0.05, 0) is 46.5 Å². The monoisotopic (exact) mass is 255 g/mol. The highest BCUT2D eigenvalue weighted by Gasteiger charge is 2.25. The number of carboxylic acids is 1. The normalized spacial score (nSPS) is 16.9. The van der Waals surface area contributed by atoms with Gasteiger partial charge in [0.15, 0.2) is 0 Å². The predicted octanol–water partition coefficient (Wildman–Crippen LogP) is 2.46. The molecule has 0 saturated heterocycles. The van der Waals surface area contributed by atoms with Crippen LogP contribution in [-0.4, -0.2) is 28.8 Å². The minimum atomic E-state index is -1.03. The number of carbonyl (C=O) groups is 2. The Kier molecular flexibility index (Phi) is 4.76. The maximum absolute atomic E-state index is 11.5. The molecule has 0 aliphatic heterocycles. The summed E-state index contributed by atoms with van der Waals surface area (Å²) < 4.78 is 5.05. The van der Waals surface area contributed by atoms with Gasteiger partial charge in [-0.2, -0.15) is 0 Å². The number of amides is 1. The number of aliphatic carboxylic acids is 1. The van der Waals surface area contributed by atoms with Crippen LogP contribution in [0.3, 0.4) is 0 Å². The number of ether oxygens (including phenoxy) is 1. The highest BCUT2D eigenvalue weighted by Crippen LogP contribution is 2.22. The van der Waals surface area contributed by atoms with Gasteiger partial charge in [-0.15, -0.1) is 0 Å². The smallest absolute Gasteiger partial charge is 0.408 e. The van der Waals surface area contributed by atoms with Crippen LogP contribution < -0.4 is 5.32 Å². The van der Waals surface area contributed by atoms with Gasteiger partial charge in [0.1, 0.15) is 11.6 Å². The van der Waals surface area contributed by atoms with E-state index in [0.29, 0.717) is 6.42 Å². The highest BCUT2D eigenvalue weighted by molar-refractivity contribution is 5.80. The van der Waals surface area contributed by atoms with E-state index in [-0.39, 0.29) is 0 Å². The number of hydrogen-bond donors (Lipinski definition) is 2. The first-order chi connectivity index (χ1) is 8.28. The molecule has 5 heteroatoms. The molecule has 1 aliphatic rings. The zero-order chi connectivity index (χ0) is 13.8. The zero-order valence-electron chi connectivity index (χ0n) is 11.2. The Hall–Kier alpha value is -1.52. The van der Waals surface area contributed by atoms with Crippen molar-refractivity contribution in [1.82, 2.24) is 5.32 Å². The van der Waals surface area contributed by atoms with E-state index in [1.807, 2.05) is 6.08 Å². The number of carboxylic acid groups (broad SMARTS) is 1. The number of allylic oxidation sites excluding steroid dienone is 1. The van der Waals surface area contributed by atoms with E-state index in [1.165, 1.54) is 0 Å². The van der Waals surface area contributed by atoms with Crippen molar-refractivity contribution in [3.63, 3.8) is 0 Å². The van der Waals surface area contributed by atoms with E-state index >= 15 is 0 Å². The first kappa shape index (κ1) is 14.5. The van der Waals surface area contributed by atoms with Crippen LogP contribution in [-0.2, 0) is 9.53 Å². The summed E-state index contributed by atoms with van der Waals surface area (Å²) in [6.45, 7) is 5.21. The van der Waals surface area contributed by atoms with Crippen LogP contribution in [0.1, 0.15) is 46.5 Å². The molecule has 2 N–H and O–H groups in total. The maximum atomic E-state index is 11.5. The molecule has 5 nitrogen and oxygen atoms in total. The van der Waals surface area contributed by atoms with E-state index in [4.69, 9.17) is 9.84 Å². The predicted molar refractivity (Wildman–Crippen MR) is 67.3 cm³/mol. The Morgan fingerprint density at radius 1 is 1.50 bits per heavy atom. The Morgan fingerprint density at radius 3 is 2.61 bits per heavy atom. The van der Waals surface area contributed by atoms with Gasteiger partial charge in [0.05, 0.1) is 0 Å². The summed E-state index contributed by atoms with van der Waals surface area (Å²) in [5.41, 5.74) is 0.471. The van der Waals surface area contributed by atoms with E-state index in [1.54, 1.807) is 20.8 Å². The average Bonchev–Trinajstić information content (AvgIpc) is 2.66. The molecule has 0 radical (unpaired) electrons. The van der Waals surface area contributed by atoms with E-state index in [9.17, 15) is 9.59 Å². The SMILES string of the molecule is CC(C)(C)OC(=O)N[C@H](CC1=CCCC1)C(=O)O. The molecular formula is C13H21NO4. The first-order valence-corrected chi connectivity index (χ1v) is 6.18. The third-order valence-electron chi connectivity index (χ3n) is 2.59.